The molecule has 1 aliphatic heterocycles. The topological polar surface area (TPSA) is 23.5 Å². The van der Waals surface area contributed by atoms with E-state index < -0.39 is 0 Å². The summed E-state index contributed by atoms with van der Waals surface area (Å²) in [6.45, 7) is 3.55. The molecule has 2 nitrogen and oxygen atoms in total. The van der Waals surface area contributed by atoms with E-state index in [-0.39, 0.29) is 0 Å². The lowest BCUT2D eigenvalue weighted by Crippen LogP contribution is -2.20. The third kappa shape index (κ3) is 2.57. The summed E-state index contributed by atoms with van der Waals surface area (Å²) < 4.78 is 1.18. The smallest absolute Gasteiger partial charge is 0.0471 e. The van der Waals surface area contributed by atoms with E-state index in [4.69, 9.17) is 5.11 Å². The molecule has 0 aromatic carbocycles. The second-order valence-corrected chi connectivity index (χ2v) is 5.72. The molecular weight excluding hydrogens is 262 g/mol. The lowest BCUT2D eigenvalue weighted by atomic mass is 10.1. The van der Waals surface area contributed by atoms with Crippen molar-refractivity contribution in [3.8, 4) is 0 Å². The molecule has 0 saturated carbocycles. The van der Waals surface area contributed by atoms with Gasteiger partial charge in [-0.3, -0.25) is 4.90 Å². The van der Waals surface area contributed by atoms with Gasteiger partial charge in [-0.05, 0) is 40.9 Å². The van der Waals surface area contributed by atoms with Gasteiger partial charge >= 0.3 is 0 Å². The van der Waals surface area contributed by atoms with Gasteiger partial charge in [-0.25, -0.2) is 0 Å². The van der Waals surface area contributed by atoms with Crippen molar-refractivity contribution in [2.24, 2.45) is 5.92 Å². The molecule has 1 atom stereocenters. The van der Waals surface area contributed by atoms with Gasteiger partial charge in [0.2, 0.25) is 0 Å². The van der Waals surface area contributed by atoms with E-state index in [0.717, 1.165) is 26.1 Å². The van der Waals surface area contributed by atoms with Gasteiger partial charge in [-0.2, -0.15) is 0 Å². The Morgan fingerprint density at radius 1 is 1.64 bits per heavy atom. The van der Waals surface area contributed by atoms with Crippen molar-refractivity contribution in [2.45, 2.75) is 13.0 Å². The minimum Gasteiger partial charge on any atom is -0.396 e. The fourth-order valence-electron chi connectivity index (χ4n) is 1.86. The molecule has 1 aliphatic rings. The van der Waals surface area contributed by atoms with Gasteiger partial charge in [0.1, 0.15) is 0 Å². The van der Waals surface area contributed by atoms with E-state index in [1.54, 1.807) is 11.3 Å². The zero-order valence-corrected chi connectivity index (χ0v) is 10.4. The maximum Gasteiger partial charge on any atom is 0.0471 e. The summed E-state index contributed by atoms with van der Waals surface area (Å²) in [5, 5.41) is 11.1. The molecule has 1 N–H and O–H groups in total. The number of nitrogens with zero attached hydrogens (tertiary/aromatic N) is 1. The Bertz CT molecular complexity index is 302. The fourth-order valence-corrected chi connectivity index (χ4v) is 3.35. The summed E-state index contributed by atoms with van der Waals surface area (Å²) in [4.78, 5) is 3.81. The van der Waals surface area contributed by atoms with Crippen molar-refractivity contribution in [2.75, 3.05) is 19.7 Å². The van der Waals surface area contributed by atoms with Crippen LogP contribution in [0.5, 0.6) is 0 Å². The SMILES string of the molecule is OC[C@H]1CCN(Cc2cc(Br)cs2)C1. The Balaban J connectivity index is 1.87. The minimum absolute atomic E-state index is 0.338. The summed E-state index contributed by atoms with van der Waals surface area (Å²) in [6, 6.07) is 2.18. The first kappa shape index (κ1) is 10.6. The third-order valence-corrected chi connectivity index (χ3v) is 4.31. The number of likely N-dealkylation sites (tertiary alicyclic amines) is 1. The molecule has 1 aromatic heterocycles. The molecule has 1 saturated heterocycles. The Kier molecular flexibility index (Phi) is 3.60. The maximum atomic E-state index is 9.02. The number of aliphatic hydroxyl groups excluding tert-OH is 1. The van der Waals surface area contributed by atoms with Crippen LogP contribution in [0.3, 0.4) is 0 Å². The van der Waals surface area contributed by atoms with Gasteiger partial charge in [0.05, 0.1) is 0 Å². The van der Waals surface area contributed by atoms with Crippen LogP contribution in [0.25, 0.3) is 0 Å². The molecule has 0 unspecified atom stereocenters. The van der Waals surface area contributed by atoms with E-state index in [9.17, 15) is 0 Å². The molecule has 4 heteroatoms. The number of aliphatic hydroxyl groups is 1. The van der Waals surface area contributed by atoms with Crippen molar-refractivity contribution < 1.29 is 5.11 Å². The largest absolute Gasteiger partial charge is 0.396 e. The summed E-state index contributed by atoms with van der Waals surface area (Å²) in [7, 11) is 0. The molecule has 0 aliphatic carbocycles. The maximum absolute atomic E-state index is 9.02. The zero-order valence-electron chi connectivity index (χ0n) is 7.95. The highest BCUT2D eigenvalue weighted by Gasteiger charge is 2.21. The van der Waals surface area contributed by atoms with Crippen LogP contribution in [0, 0.1) is 5.92 Å². The van der Waals surface area contributed by atoms with Crippen LogP contribution in [0.4, 0.5) is 0 Å². The van der Waals surface area contributed by atoms with Crippen LogP contribution >= 0.6 is 27.3 Å². The predicted molar refractivity (Wildman–Crippen MR) is 62.5 cm³/mol. The lowest BCUT2D eigenvalue weighted by Gasteiger charge is -2.13. The van der Waals surface area contributed by atoms with E-state index >= 15 is 0 Å². The summed E-state index contributed by atoms with van der Waals surface area (Å²) in [5.41, 5.74) is 0. The van der Waals surface area contributed by atoms with Gasteiger partial charge in [-0.1, -0.05) is 0 Å². The lowest BCUT2D eigenvalue weighted by molar-refractivity contribution is 0.220. The van der Waals surface area contributed by atoms with Crippen LogP contribution in [0.2, 0.25) is 0 Å². The molecule has 0 bridgehead atoms. The quantitative estimate of drug-likeness (QED) is 0.916. The molecule has 0 amide bonds. The number of hydrogen-bond acceptors (Lipinski definition) is 3. The van der Waals surface area contributed by atoms with Gasteiger partial charge < -0.3 is 5.11 Å². The average Bonchev–Trinajstić information content (AvgIpc) is 2.76. The molecule has 78 valence electrons. The van der Waals surface area contributed by atoms with Crippen molar-refractivity contribution in [1.82, 2.24) is 4.90 Å². The number of halogens is 1. The molecule has 2 rings (SSSR count). The molecule has 1 fully saturated rings. The second-order valence-electron chi connectivity index (χ2n) is 3.80. The average molecular weight is 276 g/mol. The Hall–Kier alpha value is 0.1000. The molecule has 1 aromatic rings. The molecular formula is C10H14BrNOS. The molecule has 0 radical (unpaired) electrons. The fraction of sp³-hybridized carbons (Fsp3) is 0.600. The number of hydrogen-bond donors (Lipinski definition) is 1. The van der Waals surface area contributed by atoms with Crippen LogP contribution in [-0.2, 0) is 6.54 Å². The second kappa shape index (κ2) is 4.75. The van der Waals surface area contributed by atoms with Gasteiger partial charge in [-0.15, -0.1) is 11.3 Å². The number of rotatable bonds is 3. The first-order valence-corrected chi connectivity index (χ1v) is 6.51. The van der Waals surface area contributed by atoms with E-state index in [0.29, 0.717) is 12.5 Å². The zero-order chi connectivity index (χ0) is 9.97. The highest BCUT2D eigenvalue weighted by atomic mass is 79.9. The third-order valence-electron chi connectivity index (χ3n) is 2.63. The van der Waals surface area contributed by atoms with Gasteiger partial charge in [0.15, 0.2) is 0 Å². The van der Waals surface area contributed by atoms with Crippen molar-refractivity contribution in [3.63, 3.8) is 0 Å². The van der Waals surface area contributed by atoms with Crippen LogP contribution < -0.4 is 0 Å². The molecule has 0 spiro atoms. The monoisotopic (exact) mass is 275 g/mol. The highest BCUT2D eigenvalue weighted by Crippen LogP contribution is 2.24. The summed E-state index contributed by atoms with van der Waals surface area (Å²) in [6.07, 6.45) is 1.14. The van der Waals surface area contributed by atoms with Crippen molar-refractivity contribution in [1.29, 1.82) is 0 Å². The standard InChI is InChI=1S/C10H14BrNOS/c11-9-3-10(14-7-9)5-12-2-1-8(4-12)6-13/h3,7-8,13H,1-2,4-6H2/t8-/m0/s1. The Morgan fingerprint density at radius 3 is 3.07 bits per heavy atom. The summed E-state index contributed by atoms with van der Waals surface area (Å²) in [5.74, 6) is 0.499. The van der Waals surface area contributed by atoms with E-state index in [1.807, 2.05) is 0 Å². The van der Waals surface area contributed by atoms with Gasteiger partial charge in [0.25, 0.3) is 0 Å². The molecule has 2 heterocycles. The van der Waals surface area contributed by atoms with E-state index in [1.165, 1.54) is 9.35 Å². The predicted octanol–water partition coefficient (Wildman–Crippen LogP) is 2.32. The number of thiophene rings is 1. The van der Waals surface area contributed by atoms with E-state index in [2.05, 4.69) is 32.3 Å². The Labute approximate surface area is 96.7 Å². The first-order valence-electron chi connectivity index (χ1n) is 4.84. The normalized spacial score (nSPS) is 23.1. The van der Waals surface area contributed by atoms with Crippen molar-refractivity contribution >= 4 is 27.3 Å². The Morgan fingerprint density at radius 2 is 2.50 bits per heavy atom. The minimum atomic E-state index is 0.338. The van der Waals surface area contributed by atoms with Crippen LogP contribution in [-0.4, -0.2) is 29.7 Å². The molecule has 14 heavy (non-hydrogen) atoms. The summed E-state index contributed by atoms with van der Waals surface area (Å²) >= 11 is 5.25. The first-order chi connectivity index (χ1) is 6.78. The van der Waals surface area contributed by atoms with Crippen molar-refractivity contribution in [3.05, 3.63) is 20.8 Å². The van der Waals surface area contributed by atoms with Crippen LogP contribution in [0.15, 0.2) is 15.9 Å². The van der Waals surface area contributed by atoms with Crippen LogP contribution in [0.1, 0.15) is 11.3 Å². The van der Waals surface area contributed by atoms with Gasteiger partial charge in [0, 0.05) is 34.4 Å². The highest BCUT2D eigenvalue weighted by molar-refractivity contribution is 9.10.